The minimum atomic E-state index is -0.263. The topological polar surface area (TPSA) is 64.4 Å². The summed E-state index contributed by atoms with van der Waals surface area (Å²) in [4.78, 5) is 16.9. The van der Waals surface area contributed by atoms with Crippen molar-refractivity contribution in [3.63, 3.8) is 0 Å². The van der Waals surface area contributed by atoms with E-state index in [-0.39, 0.29) is 5.63 Å². The number of hydrogen-bond acceptors (Lipinski definition) is 7. The summed E-state index contributed by atoms with van der Waals surface area (Å²) in [6.45, 7) is 3.91. The van der Waals surface area contributed by atoms with Gasteiger partial charge in [-0.3, -0.25) is 4.90 Å². The first-order valence-electron chi connectivity index (χ1n) is 9.92. The second-order valence-electron chi connectivity index (χ2n) is 7.24. The Morgan fingerprint density at radius 2 is 1.57 bits per heavy atom. The molecule has 3 aromatic rings. The molecule has 30 heavy (non-hydrogen) atoms. The Morgan fingerprint density at radius 3 is 2.20 bits per heavy atom. The quantitative estimate of drug-likeness (QED) is 0.579. The molecule has 0 N–H and O–H groups in total. The molecule has 2 aromatic carbocycles. The highest BCUT2D eigenvalue weighted by atomic mass is 16.5. The summed E-state index contributed by atoms with van der Waals surface area (Å²) in [7, 11) is 4.84. The zero-order chi connectivity index (χ0) is 21.1. The molecule has 0 saturated carbocycles. The van der Waals surface area contributed by atoms with Crippen molar-refractivity contribution >= 4 is 16.7 Å². The number of anilines is 1. The molecule has 0 atom stereocenters. The van der Waals surface area contributed by atoms with Crippen molar-refractivity contribution in [2.75, 3.05) is 52.4 Å². The predicted octanol–water partition coefficient (Wildman–Crippen LogP) is 3.14. The Morgan fingerprint density at radius 1 is 0.900 bits per heavy atom. The van der Waals surface area contributed by atoms with Crippen LogP contribution in [0.5, 0.6) is 17.2 Å². The van der Waals surface area contributed by atoms with Crippen molar-refractivity contribution in [2.24, 2.45) is 0 Å². The summed E-state index contributed by atoms with van der Waals surface area (Å²) < 4.78 is 21.8. The highest BCUT2D eigenvalue weighted by Gasteiger charge is 2.22. The largest absolute Gasteiger partial charge is 0.493 e. The number of methoxy groups -OCH3 is 3. The van der Waals surface area contributed by atoms with Gasteiger partial charge in [-0.2, -0.15) is 0 Å². The van der Waals surface area contributed by atoms with Gasteiger partial charge in [0.1, 0.15) is 5.58 Å². The number of fused-ring (bicyclic) bond motifs is 1. The van der Waals surface area contributed by atoms with Crippen molar-refractivity contribution in [1.29, 1.82) is 0 Å². The minimum absolute atomic E-state index is 0.263. The third kappa shape index (κ3) is 3.93. The molecule has 1 fully saturated rings. The lowest BCUT2D eigenvalue weighted by Crippen LogP contribution is -2.46. The Kier molecular flexibility index (Phi) is 5.81. The molecule has 0 bridgehead atoms. The standard InChI is InChI=1S/C23H26N2O5/c1-27-20-13-18(14-21(28-2)22(20)29-3)25-10-8-24(9-11-25)15-17-12-16-6-4-5-7-19(16)30-23(17)26/h4-7,12-14H,8-11,15H2,1-3H3. The molecular weight excluding hydrogens is 384 g/mol. The number of rotatable bonds is 6. The lowest BCUT2D eigenvalue weighted by Gasteiger charge is -2.36. The average molecular weight is 410 g/mol. The Balaban J connectivity index is 1.47. The number of hydrogen-bond donors (Lipinski definition) is 0. The lowest BCUT2D eigenvalue weighted by molar-refractivity contribution is 0.246. The third-order valence-electron chi connectivity index (χ3n) is 5.49. The number of benzene rings is 2. The van der Waals surface area contributed by atoms with Crippen molar-refractivity contribution in [3.05, 3.63) is 58.4 Å². The van der Waals surface area contributed by atoms with Gasteiger partial charge in [-0.25, -0.2) is 4.79 Å². The SMILES string of the molecule is COc1cc(N2CCN(Cc3cc4ccccc4oc3=O)CC2)cc(OC)c1OC. The zero-order valence-corrected chi connectivity index (χ0v) is 17.5. The van der Waals surface area contributed by atoms with E-state index < -0.39 is 0 Å². The zero-order valence-electron chi connectivity index (χ0n) is 17.5. The fourth-order valence-electron chi connectivity index (χ4n) is 3.87. The highest BCUT2D eigenvalue weighted by molar-refractivity contribution is 5.76. The van der Waals surface area contributed by atoms with Gasteiger partial charge in [-0.05, 0) is 12.1 Å². The van der Waals surface area contributed by atoms with Crippen LogP contribution in [0.1, 0.15) is 5.56 Å². The fraction of sp³-hybridized carbons (Fsp3) is 0.348. The van der Waals surface area contributed by atoms with Gasteiger partial charge in [0, 0.05) is 55.9 Å². The number of ether oxygens (including phenoxy) is 3. The summed E-state index contributed by atoms with van der Waals surface area (Å²) in [5, 5.41) is 0.947. The van der Waals surface area contributed by atoms with Crippen LogP contribution < -0.4 is 24.7 Å². The molecule has 158 valence electrons. The molecule has 0 radical (unpaired) electrons. The van der Waals surface area contributed by atoms with E-state index >= 15 is 0 Å². The van der Waals surface area contributed by atoms with Crippen molar-refractivity contribution in [3.8, 4) is 17.2 Å². The molecule has 0 spiro atoms. The van der Waals surface area contributed by atoms with Crippen molar-refractivity contribution in [1.82, 2.24) is 4.90 Å². The Hall–Kier alpha value is -3.19. The smallest absolute Gasteiger partial charge is 0.340 e. The van der Waals surface area contributed by atoms with E-state index in [4.69, 9.17) is 18.6 Å². The monoisotopic (exact) mass is 410 g/mol. The van der Waals surface area contributed by atoms with E-state index in [0.717, 1.165) is 37.3 Å². The number of piperazine rings is 1. The van der Waals surface area contributed by atoms with Crippen molar-refractivity contribution in [2.45, 2.75) is 6.54 Å². The maximum atomic E-state index is 12.4. The molecule has 0 amide bonds. The van der Waals surface area contributed by atoms with Crippen LogP contribution in [0, 0.1) is 0 Å². The first-order valence-corrected chi connectivity index (χ1v) is 9.92. The van der Waals surface area contributed by atoms with Gasteiger partial charge in [0.2, 0.25) is 5.75 Å². The van der Waals surface area contributed by atoms with Gasteiger partial charge in [0.15, 0.2) is 11.5 Å². The second-order valence-corrected chi connectivity index (χ2v) is 7.24. The summed E-state index contributed by atoms with van der Waals surface area (Å²) in [5.41, 5.74) is 2.07. The van der Waals surface area contributed by atoms with Crippen LogP contribution in [-0.2, 0) is 6.54 Å². The predicted molar refractivity (Wildman–Crippen MR) is 116 cm³/mol. The van der Waals surface area contributed by atoms with E-state index in [0.29, 0.717) is 34.9 Å². The molecule has 0 aliphatic carbocycles. The van der Waals surface area contributed by atoms with Gasteiger partial charge >= 0.3 is 5.63 Å². The van der Waals surface area contributed by atoms with Crippen LogP contribution in [0.15, 0.2) is 51.7 Å². The normalized spacial score (nSPS) is 14.7. The summed E-state index contributed by atoms with van der Waals surface area (Å²) >= 11 is 0. The van der Waals surface area contributed by atoms with Gasteiger partial charge in [-0.1, -0.05) is 18.2 Å². The fourth-order valence-corrected chi connectivity index (χ4v) is 3.87. The van der Waals surface area contributed by atoms with E-state index in [1.165, 1.54) is 0 Å². The Bertz CT molecular complexity index is 1060. The first kappa shape index (κ1) is 20.1. The molecule has 1 saturated heterocycles. The molecule has 4 rings (SSSR count). The van der Waals surface area contributed by atoms with Crippen molar-refractivity contribution < 1.29 is 18.6 Å². The first-order chi connectivity index (χ1) is 14.6. The molecule has 1 aliphatic heterocycles. The molecule has 1 aliphatic rings. The molecule has 0 unspecified atom stereocenters. The van der Waals surface area contributed by atoms with Crippen LogP contribution in [0.4, 0.5) is 5.69 Å². The molecule has 2 heterocycles. The average Bonchev–Trinajstić information content (AvgIpc) is 2.79. The van der Waals surface area contributed by atoms with Crippen LogP contribution in [-0.4, -0.2) is 52.4 Å². The molecular formula is C23H26N2O5. The molecule has 7 nitrogen and oxygen atoms in total. The van der Waals surface area contributed by atoms with Crippen LogP contribution in [0.25, 0.3) is 11.0 Å². The van der Waals surface area contributed by atoms with E-state index in [1.54, 1.807) is 21.3 Å². The number of para-hydroxylation sites is 1. The lowest BCUT2D eigenvalue weighted by atomic mass is 10.1. The van der Waals surface area contributed by atoms with Crippen LogP contribution in [0.3, 0.4) is 0 Å². The minimum Gasteiger partial charge on any atom is -0.493 e. The number of nitrogens with zero attached hydrogens (tertiary/aromatic N) is 2. The summed E-state index contributed by atoms with van der Waals surface area (Å²) in [5.74, 6) is 1.87. The maximum absolute atomic E-state index is 12.4. The van der Waals surface area contributed by atoms with E-state index in [1.807, 2.05) is 42.5 Å². The van der Waals surface area contributed by atoms with Gasteiger partial charge in [0.25, 0.3) is 0 Å². The van der Waals surface area contributed by atoms with Crippen LogP contribution >= 0.6 is 0 Å². The van der Waals surface area contributed by atoms with E-state index in [2.05, 4.69) is 9.80 Å². The maximum Gasteiger partial charge on any atom is 0.340 e. The Labute approximate surface area is 175 Å². The second kappa shape index (κ2) is 8.67. The molecule has 7 heteroatoms. The van der Waals surface area contributed by atoms with Gasteiger partial charge in [0.05, 0.1) is 26.9 Å². The molecule has 1 aromatic heterocycles. The third-order valence-corrected chi connectivity index (χ3v) is 5.49. The summed E-state index contributed by atoms with van der Waals surface area (Å²) in [6.07, 6.45) is 0. The van der Waals surface area contributed by atoms with E-state index in [9.17, 15) is 4.79 Å². The van der Waals surface area contributed by atoms with Gasteiger partial charge < -0.3 is 23.5 Å². The van der Waals surface area contributed by atoms with Crippen LogP contribution in [0.2, 0.25) is 0 Å². The summed E-state index contributed by atoms with van der Waals surface area (Å²) in [6, 6.07) is 13.5. The highest BCUT2D eigenvalue weighted by Crippen LogP contribution is 2.41. The van der Waals surface area contributed by atoms with Gasteiger partial charge in [-0.15, -0.1) is 0 Å².